The zero-order valence-electron chi connectivity index (χ0n) is 15.0. The number of pyridine rings is 1. The van der Waals surface area contributed by atoms with Gasteiger partial charge in [-0.25, -0.2) is 0 Å². The van der Waals surface area contributed by atoms with Crippen LogP contribution in [0.4, 0.5) is 0 Å². The van der Waals surface area contributed by atoms with Crippen LogP contribution in [0, 0.1) is 11.8 Å². The van der Waals surface area contributed by atoms with Crippen molar-refractivity contribution in [3.63, 3.8) is 0 Å². The molecule has 5 rings (SSSR count). The van der Waals surface area contributed by atoms with E-state index in [1.54, 1.807) is 13.3 Å². The summed E-state index contributed by atoms with van der Waals surface area (Å²) in [5.74, 6) is 2.01. The van der Waals surface area contributed by atoms with Crippen molar-refractivity contribution in [2.45, 2.75) is 25.0 Å². The summed E-state index contributed by atoms with van der Waals surface area (Å²) in [5.41, 5.74) is 1.85. The number of hydrogen-bond acceptors (Lipinski definition) is 4. The summed E-state index contributed by atoms with van der Waals surface area (Å²) >= 11 is 0. The van der Waals surface area contributed by atoms with Gasteiger partial charge < -0.3 is 15.3 Å². The minimum atomic E-state index is -0.504. The number of aliphatic hydroxyl groups excluding tert-OH is 1. The van der Waals surface area contributed by atoms with Gasteiger partial charge in [0.05, 0.1) is 18.7 Å². The van der Waals surface area contributed by atoms with Gasteiger partial charge in [-0.2, -0.15) is 0 Å². The highest BCUT2D eigenvalue weighted by Crippen LogP contribution is 2.42. The van der Waals surface area contributed by atoms with Crippen LogP contribution in [0.25, 0.3) is 10.9 Å². The van der Waals surface area contributed by atoms with Crippen molar-refractivity contribution in [3.05, 3.63) is 48.7 Å². The van der Waals surface area contributed by atoms with Crippen molar-refractivity contribution >= 4 is 23.3 Å². The van der Waals surface area contributed by atoms with E-state index < -0.39 is 6.10 Å². The SMILES string of the molecule is C=C[C@@H]1CN2CC[C@@H]1C[C@H]2[C@H](O)c1ccnc2ccc(OC)cc12.Cl.O. The van der Waals surface area contributed by atoms with Gasteiger partial charge in [0.1, 0.15) is 5.75 Å². The van der Waals surface area contributed by atoms with E-state index in [-0.39, 0.29) is 23.9 Å². The van der Waals surface area contributed by atoms with Gasteiger partial charge in [-0.05, 0) is 61.1 Å². The number of piperidine rings is 3. The lowest BCUT2D eigenvalue weighted by Crippen LogP contribution is -2.54. The number of methoxy groups -OCH3 is 1. The molecule has 1 unspecified atom stereocenters. The van der Waals surface area contributed by atoms with Crippen LogP contribution < -0.4 is 4.74 Å². The number of halogens is 1. The zero-order chi connectivity index (χ0) is 16.7. The summed E-state index contributed by atoms with van der Waals surface area (Å²) in [5, 5.41) is 12.1. The first-order chi connectivity index (χ1) is 11.7. The van der Waals surface area contributed by atoms with Crippen molar-refractivity contribution in [3.8, 4) is 5.75 Å². The third kappa shape index (κ3) is 3.45. The van der Waals surface area contributed by atoms with Gasteiger partial charge in [0.2, 0.25) is 0 Å². The molecule has 6 heteroatoms. The predicted octanol–water partition coefficient (Wildman–Crippen LogP) is 2.77. The first-order valence-electron chi connectivity index (χ1n) is 8.68. The molecule has 5 nitrogen and oxygen atoms in total. The van der Waals surface area contributed by atoms with Gasteiger partial charge in [0.25, 0.3) is 0 Å². The monoisotopic (exact) mass is 378 g/mol. The average molecular weight is 379 g/mol. The molecule has 5 atom stereocenters. The van der Waals surface area contributed by atoms with Crippen molar-refractivity contribution in [2.75, 3.05) is 20.2 Å². The van der Waals surface area contributed by atoms with E-state index in [1.807, 2.05) is 24.3 Å². The quantitative estimate of drug-likeness (QED) is 0.830. The summed E-state index contributed by atoms with van der Waals surface area (Å²) in [7, 11) is 1.66. The van der Waals surface area contributed by atoms with Crippen LogP contribution in [0.2, 0.25) is 0 Å². The second kappa shape index (κ2) is 8.35. The molecule has 4 heterocycles. The summed E-state index contributed by atoms with van der Waals surface area (Å²) in [4.78, 5) is 6.86. The molecule has 0 radical (unpaired) electrons. The molecule has 0 aliphatic carbocycles. The highest BCUT2D eigenvalue weighted by atomic mass is 35.5. The number of benzene rings is 1. The second-order valence-electron chi connectivity index (χ2n) is 6.97. The highest BCUT2D eigenvalue weighted by Gasteiger charge is 2.42. The summed E-state index contributed by atoms with van der Waals surface area (Å²) in [6.45, 7) is 6.07. The fraction of sp³-hybridized carbons (Fsp3) is 0.450. The minimum Gasteiger partial charge on any atom is -0.497 e. The van der Waals surface area contributed by atoms with Gasteiger partial charge in [0, 0.05) is 24.2 Å². The highest BCUT2D eigenvalue weighted by molar-refractivity contribution is 5.85. The summed E-state index contributed by atoms with van der Waals surface area (Å²) < 4.78 is 5.35. The Morgan fingerprint density at radius 3 is 2.85 bits per heavy atom. The Morgan fingerprint density at radius 2 is 2.19 bits per heavy atom. The molecular weight excluding hydrogens is 352 g/mol. The summed E-state index contributed by atoms with van der Waals surface area (Å²) in [6, 6.07) is 7.96. The molecule has 0 amide bonds. The molecule has 3 aliphatic heterocycles. The lowest BCUT2D eigenvalue weighted by Gasteiger charge is -2.50. The van der Waals surface area contributed by atoms with E-state index in [1.165, 1.54) is 6.42 Å². The van der Waals surface area contributed by atoms with Crippen LogP contribution >= 0.6 is 12.4 Å². The van der Waals surface area contributed by atoms with Crippen LogP contribution in [-0.4, -0.2) is 46.7 Å². The first-order valence-corrected chi connectivity index (χ1v) is 8.68. The van der Waals surface area contributed by atoms with Crippen molar-refractivity contribution in [2.24, 2.45) is 11.8 Å². The van der Waals surface area contributed by atoms with Crippen molar-refractivity contribution in [1.82, 2.24) is 9.88 Å². The smallest absolute Gasteiger partial charge is 0.119 e. The Kier molecular flexibility index (Phi) is 6.64. The fourth-order valence-corrected chi connectivity index (χ4v) is 4.44. The number of aromatic nitrogens is 1. The average Bonchev–Trinajstić information content (AvgIpc) is 2.66. The van der Waals surface area contributed by atoms with Gasteiger partial charge in [-0.15, -0.1) is 19.0 Å². The normalized spacial score (nSPS) is 27.9. The molecular formula is C20H27ClN2O3. The summed E-state index contributed by atoms with van der Waals surface area (Å²) in [6.07, 6.45) is 5.62. The number of aliphatic hydroxyl groups is 1. The number of hydrogen-bond donors (Lipinski definition) is 1. The molecule has 26 heavy (non-hydrogen) atoms. The van der Waals surface area contributed by atoms with Crippen LogP contribution in [0.3, 0.4) is 0 Å². The Balaban J connectivity index is 0.00000121. The molecule has 3 fully saturated rings. The maximum atomic E-state index is 11.2. The number of ether oxygens (including phenoxy) is 1. The van der Waals surface area contributed by atoms with Crippen molar-refractivity contribution in [1.29, 1.82) is 0 Å². The topological polar surface area (TPSA) is 77.1 Å². The van der Waals surface area contributed by atoms with Crippen molar-refractivity contribution < 1.29 is 15.3 Å². The Morgan fingerprint density at radius 1 is 1.38 bits per heavy atom. The second-order valence-corrected chi connectivity index (χ2v) is 6.97. The maximum absolute atomic E-state index is 11.2. The maximum Gasteiger partial charge on any atom is 0.119 e. The largest absolute Gasteiger partial charge is 0.497 e. The van der Waals surface area contributed by atoms with E-state index >= 15 is 0 Å². The number of nitrogens with zero attached hydrogens (tertiary/aromatic N) is 2. The van der Waals surface area contributed by atoms with Gasteiger partial charge in [0.15, 0.2) is 0 Å². The molecule has 0 spiro atoms. The van der Waals surface area contributed by atoms with Gasteiger partial charge >= 0.3 is 0 Å². The van der Waals surface area contributed by atoms with E-state index in [4.69, 9.17) is 4.74 Å². The molecule has 1 aromatic carbocycles. The molecule has 2 bridgehead atoms. The lowest BCUT2D eigenvalue weighted by atomic mass is 9.73. The van der Waals surface area contributed by atoms with Crippen LogP contribution in [0.5, 0.6) is 5.75 Å². The molecule has 142 valence electrons. The Hall–Kier alpha value is -1.66. The first kappa shape index (κ1) is 20.6. The van der Waals surface area contributed by atoms with Crippen LogP contribution in [-0.2, 0) is 0 Å². The molecule has 2 aromatic rings. The third-order valence-corrected chi connectivity index (χ3v) is 5.82. The number of rotatable bonds is 4. The lowest BCUT2D eigenvalue weighted by molar-refractivity contribution is -0.0444. The predicted molar refractivity (Wildman–Crippen MR) is 106 cm³/mol. The van der Waals surface area contributed by atoms with E-state index in [2.05, 4.69) is 22.5 Å². The fourth-order valence-electron chi connectivity index (χ4n) is 4.44. The van der Waals surface area contributed by atoms with Crippen LogP contribution in [0.1, 0.15) is 24.5 Å². The minimum absolute atomic E-state index is 0. The molecule has 3 N–H and O–H groups in total. The molecule has 3 aliphatic rings. The molecule has 3 saturated heterocycles. The molecule has 0 saturated carbocycles. The van der Waals surface area contributed by atoms with Crippen LogP contribution in [0.15, 0.2) is 43.1 Å². The Bertz CT molecular complexity index is 770. The van der Waals surface area contributed by atoms with E-state index in [9.17, 15) is 5.11 Å². The van der Waals surface area contributed by atoms with Gasteiger partial charge in [-0.1, -0.05) is 6.08 Å². The third-order valence-electron chi connectivity index (χ3n) is 5.82. The number of fused-ring (bicyclic) bond motifs is 4. The zero-order valence-corrected chi connectivity index (χ0v) is 15.8. The van der Waals surface area contributed by atoms with E-state index in [0.29, 0.717) is 11.8 Å². The standard InChI is InChI=1S/C20H24N2O2.ClH.H2O/c1-3-13-12-22-9-7-14(13)10-19(22)20(23)16-6-8-21-18-5-4-15(24-2)11-17(16)18;;/h3-6,8,11,13-14,19-20,23H,1,7,9-10,12H2,2H3;1H;1H2/t13-,14-,19+,20-;;/m1../s1. The van der Waals surface area contributed by atoms with Gasteiger partial charge in [-0.3, -0.25) is 9.88 Å². The molecule has 1 aromatic heterocycles. The Labute approximate surface area is 160 Å². The van der Waals surface area contributed by atoms with E-state index in [0.717, 1.165) is 41.7 Å².